The van der Waals surface area contributed by atoms with E-state index in [9.17, 15) is 0 Å². The smallest absolute Gasteiger partial charge is 0.160 e. The molecule has 3 aromatic heterocycles. The second-order valence-corrected chi connectivity index (χ2v) is 4.57. The van der Waals surface area contributed by atoms with Gasteiger partial charge in [0.25, 0.3) is 0 Å². The molecule has 3 heterocycles. The Morgan fingerprint density at radius 2 is 2.15 bits per heavy atom. The third-order valence-electron chi connectivity index (χ3n) is 3.05. The standard InChI is InChI=1S/C14H16N6/c1-11-16-8-5-12(17-11)10-15-7-6-14-19-18-13-4-2-3-9-20(13)14/h2-5,8-9,15H,6-7,10H2,1H3. The molecule has 1 N–H and O–H groups in total. The van der Waals surface area contributed by atoms with Crippen molar-refractivity contribution in [1.82, 2.24) is 29.9 Å². The van der Waals surface area contributed by atoms with Crippen LogP contribution in [-0.2, 0) is 13.0 Å². The zero-order chi connectivity index (χ0) is 13.8. The van der Waals surface area contributed by atoms with Crippen molar-refractivity contribution in [2.24, 2.45) is 0 Å². The Hall–Kier alpha value is -2.34. The van der Waals surface area contributed by atoms with Crippen LogP contribution in [0.15, 0.2) is 36.7 Å². The van der Waals surface area contributed by atoms with Crippen molar-refractivity contribution in [3.63, 3.8) is 0 Å². The first-order valence-corrected chi connectivity index (χ1v) is 6.61. The lowest BCUT2D eigenvalue weighted by atomic mass is 10.3. The van der Waals surface area contributed by atoms with Crippen molar-refractivity contribution in [3.8, 4) is 0 Å². The molecule has 0 fully saturated rings. The van der Waals surface area contributed by atoms with E-state index in [2.05, 4.69) is 25.5 Å². The Kier molecular flexibility index (Phi) is 3.64. The third kappa shape index (κ3) is 2.80. The third-order valence-corrected chi connectivity index (χ3v) is 3.05. The zero-order valence-corrected chi connectivity index (χ0v) is 11.3. The molecule has 0 spiro atoms. The molecule has 6 heteroatoms. The second-order valence-electron chi connectivity index (χ2n) is 4.57. The highest BCUT2D eigenvalue weighted by atomic mass is 15.2. The number of aryl methyl sites for hydroxylation is 1. The molecule has 0 atom stereocenters. The van der Waals surface area contributed by atoms with Crippen LogP contribution in [0.5, 0.6) is 0 Å². The highest BCUT2D eigenvalue weighted by molar-refractivity contribution is 5.36. The van der Waals surface area contributed by atoms with Gasteiger partial charge in [-0.25, -0.2) is 9.97 Å². The lowest BCUT2D eigenvalue weighted by Crippen LogP contribution is -2.18. The van der Waals surface area contributed by atoms with Crippen LogP contribution in [0.4, 0.5) is 0 Å². The summed E-state index contributed by atoms with van der Waals surface area (Å²) < 4.78 is 2.01. The fourth-order valence-electron chi connectivity index (χ4n) is 2.08. The van der Waals surface area contributed by atoms with Crippen LogP contribution in [0.1, 0.15) is 17.3 Å². The number of rotatable bonds is 5. The van der Waals surface area contributed by atoms with E-state index in [-0.39, 0.29) is 0 Å². The SMILES string of the molecule is Cc1nccc(CNCCc2nnc3ccccn23)n1. The number of nitrogens with one attached hydrogen (secondary N) is 1. The zero-order valence-electron chi connectivity index (χ0n) is 11.3. The summed E-state index contributed by atoms with van der Waals surface area (Å²) in [6.45, 7) is 3.46. The van der Waals surface area contributed by atoms with Gasteiger partial charge in [-0.3, -0.25) is 4.40 Å². The molecule has 0 aliphatic heterocycles. The van der Waals surface area contributed by atoms with E-state index in [1.807, 2.05) is 41.8 Å². The highest BCUT2D eigenvalue weighted by Crippen LogP contribution is 2.03. The van der Waals surface area contributed by atoms with Crippen LogP contribution in [-0.4, -0.2) is 31.1 Å². The summed E-state index contributed by atoms with van der Waals surface area (Å²) in [4.78, 5) is 8.43. The molecule has 102 valence electrons. The molecule has 0 aliphatic rings. The summed E-state index contributed by atoms with van der Waals surface area (Å²) in [7, 11) is 0. The van der Waals surface area contributed by atoms with Crippen LogP contribution in [0.3, 0.4) is 0 Å². The fraction of sp³-hybridized carbons (Fsp3) is 0.286. The summed E-state index contributed by atoms with van der Waals surface area (Å²) in [6, 6.07) is 7.82. The lowest BCUT2D eigenvalue weighted by molar-refractivity contribution is 0.654. The molecule has 0 radical (unpaired) electrons. The molecule has 0 bridgehead atoms. The summed E-state index contributed by atoms with van der Waals surface area (Å²) in [5, 5.41) is 11.7. The average Bonchev–Trinajstić information content (AvgIpc) is 2.87. The fourth-order valence-corrected chi connectivity index (χ4v) is 2.08. The molecule has 0 saturated carbocycles. The van der Waals surface area contributed by atoms with Gasteiger partial charge in [-0.1, -0.05) is 6.07 Å². The van der Waals surface area contributed by atoms with Crippen LogP contribution >= 0.6 is 0 Å². The summed E-state index contributed by atoms with van der Waals surface area (Å²) in [5.74, 6) is 1.76. The van der Waals surface area contributed by atoms with Crippen LogP contribution < -0.4 is 5.32 Å². The van der Waals surface area contributed by atoms with Gasteiger partial charge < -0.3 is 5.32 Å². The van der Waals surface area contributed by atoms with Crippen LogP contribution in [0.25, 0.3) is 5.65 Å². The van der Waals surface area contributed by atoms with Gasteiger partial charge in [0.15, 0.2) is 5.65 Å². The molecule has 6 nitrogen and oxygen atoms in total. The molecule has 0 amide bonds. The molecule has 20 heavy (non-hydrogen) atoms. The number of fused-ring (bicyclic) bond motifs is 1. The van der Waals surface area contributed by atoms with Gasteiger partial charge in [0.2, 0.25) is 0 Å². The van der Waals surface area contributed by atoms with E-state index in [1.165, 1.54) is 0 Å². The lowest BCUT2D eigenvalue weighted by Gasteiger charge is -2.04. The normalized spacial score (nSPS) is 11.1. The van der Waals surface area contributed by atoms with Crippen LogP contribution in [0, 0.1) is 6.92 Å². The van der Waals surface area contributed by atoms with Gasteiger partial charge in [0, 0.05) is 31.9 Å². The summed E-state index contributed by atoms with van der Waals surface area (Å²) >= 11 is 0. The van der Waals surface area contributed by atoms with Gasteiger partial charge in [-0.15, -0.1) is 10.2 Å². The topological polar surface area (TPSA) is 68.0 Å². The number of aromatic nitrogens is 5. The first-order valence-electron chi connectivity index (χ1n) is 6.61. The number of pyridine rings is 1. The highest BCUT2D eigenvalue weighted by Gasteiger charge is 2.03. The molecular formula is C14H16N6. The maximum absolute atomic E-state index is 4.35. The van der Waals surface area contributed by atoms with E-state index in [1.54, 1.807) is 6.20 Å². The first-order chi connectivity index (χ1) is 9.83. The minimum Gasteiger partial charge on any atom is -0.311 e. The van der Waals surface area contributed by atoms with Crippen molar-refractivity contribution in [1.29, 1.82) is 0 Å². The second kappa shape index (κ2) is 5.75. The number of hydrogen-bond acceptors (Lipinski definition) is 5. The van der Waals surface area contributed by atoms with Gasteiger partial charge in [0.1, 0.15) is 11.6 Å². The van der Waals surface area contributed by atoms with Gasteiger partial charge in [-0.05, 0) is 25.1 Å². The Morgan fingerprint density at radius 3 is 3.05 bits per heavy atom. The van der Waals surface area contributed by atoms with Crippen molar-refractivity contribution in [2.45, 2.75) is 19.9 Å². The molecule has 0 aliphatic carbocycles. The van der Waals surface area contributed by atoms with Crippen molar-refractivity contribution in [3.05, 3.63) is 54.0 Å². The van der Waals surface area contributed by atoms with Gasteiger partial charge in [0.05, 0.1) is 5.69 Å². The maximum Gasteiger partial charge on any atom is 0.160 e. The van der Waals surface area contributed by atoms with E-state index in [0.29, 0.717) is 0 Å². The Labute approximate surface area is 116 Å². The Bertz CT molecular complexity index is 705. The molecule has 0 aromatic carbocycles. The van der Waals surface area contributed by atoms with E-state index in [0.717, 1.165) is 42.5 Å². The van der Waals surface area contributed by atoms with E-state index < -0.39 is 0 Å². The molecule has 0 saturated heterocycles. The average molecular weight is 268 g/mol. The summed E-state index contributed by atoms with van der Waals surface area (Å²) in [5.41, 5.74) is 1.89. The molecule has 3 rings (SSSR count). The predicted molar refractivity (Wildman–Crippen MR) is 75.2 cm³/mol. The van der Waals surface area contributed by atoms with Crippen molar-refractivity contribution < 1.29 is 0 Å². The Morgan fingerprint density at radius 1 is 1.20 bits per heavy atom. The van der Waals surface area contributed by atoms with Gasteiger partial charge >= 0.3 is 0 Å². The quantitative estimate of drug-likeness (QED) is 0.703. The molecule has 3 aromatic rings. The van der Waals surface area contributed by atoms with E-state index in [4.69, 9.17) is 0 Å². The Balaban J connectivity index is 1.55. The minimum atomic E-state index is 0.736. The summed E-state index contributed by atoms with van der Waals surface area (Å²) in [6.07, 6.45) is 4.60. The van der Waals surface area contributed by atoms with Crippen LogP contribution in [0.2, 0.25) is 0 Å². The molecular weight excluding hydrogens is 252 g/mol. The largest absolute Gasteiger partial charge is 0.311 e. The minimum absolute atomic E-state index is 0.736. The monoisotopic (exact) mass is 268 g/mol. The molecule has 0 unspecified atom stereocenters. The number of hydrogen-bond donors (Lipinski definition) is 1. The maximum atomic E-state index is 4.35. The predicted octanol–water partition coefficient (Wildman–Crippen LogP) is 1.16. The van der Waals surface area contributed by atoms with Crippen molar-refractivity contribution >= 4 is 5.65 Å². The van der Waals surface area contributed by atoms with Crippen molar-refractivity contribution in [2.75, 3.05) is 6.54 Å². The first kappa shape index (κ1) is 12.7. The van der Waals surface area contributed by atoms with Gasteiger partial charge in [-0.2, -0.15) is 0 Å². The number of nitrogens with zero attached hydrogens (tertiary/aromatic N) is 5. The van der Waals surface area contributed by atoms with E-state index >= 15 is 0 Å².